The lowest BCUT2D eigenvalue weighted by Gasteiger charge is -1.99. The van der Waals surface area contributed by atoms with Gasteiger partial charge in [0.25, 0.3) is 0 Å². The highest BCUT2D eigenvalue weighted by molar-refractivity contribution is 5.95. The van der Waals surface area contributed by atoms with Gasteiger partial charge < -0.3 is 10.3 Å². The van der Waals surface area contributed by atoms with Crippen LogP contribution in [0.3, 0.4) is 0 Å². The normalized spacial score (nSPS) is 11.3. The van der Waals surface area contributed by atoms with Gasteiger partial charge in [0.1, 0.15) is 5.82 Å². The maximum Gasteiger partial charge on any atom is 0.125 e. The molecular formula is C14H15FN4. The molecule has 0 aliphatic rings. The van der Waals surface area contributed by atoms with Crippen molar-refractivity contribution in [3.05, 3.63) is 42.6 Å². The SMILES string of the molecule is CNCCn1cc(-c2c[nH]c3cc(F)ccc23)cn1. The van der Waals surface area contributed by atoms with E-state index in [1.807, 2.05) is 30.3 Å². The lowest BCUT2D eigenvalue weighted by atomic mass is 10.1. The van der Waals surface area contributed by atoms with Gasteiger partial charge in [-0.05, 0) is 25.2 Å². The van der Waals surface area contributed by atoms with Crippen molar-refractivity contribution < 1.29 is 4.39 Å². The van der Waals surface area contributed by atoms with E-state index in [2.05, 4.69) is 15.4 Å². The van der Waals surface area contributed by atoms with E-state index in [0.29, 0.717) is 0 Å². The van der Waals surface area contributed by atoms with Crippen LogP contribution in [0.4, 0.5) is 4.39 Å². The Balaban J connectivity index is 1.97. The number of halogens is 1. The maximum absolute atomic E-state index is 13.1. The van der Waals surface area contributed by atoms with E-state index in [1.165, 1.54) is 12.1 Å². The summed E-state index contributed by atoms with van der Waals surface area (Å²) in [5, 5.41) is 8.42. The molecule has 0 aliphatic heterocycles. The van der Waals surface area contributed by atoms with E-state index in [4.69, 9.17) is 0 Å². The molecule has 0 bridgehead atoms. The van der Waals surface area contributed by atoms with Crippen LogP contribution in [0.5, 0.6) is 0 Å². The first-order chi connectivity index (χ1) is 9.28. The third kappa shape index (κ3) is 2.24. The average Bonchev–Trinajstić information content (AvgIpc) is 3.01. The number of nitrogens with zero attached hydrogens (tertiary/aromatic N) is 2. The molecule has 19 heavy (non-hydrogen) atoms. The average molecular weight is 258 g/mol. The summed E-state index contributed by atoms with van der Waals surface area (Å²) >= 11 is 0. The molecule has 0 unspecified atom stereocenters. The Labute approximate surface area is 110 Å². The van der Waals surface area contributed by atoms with Crippen LogP contribution in [-0.2, 0) is 6.54 Å². The topological polar surface area (TPSA) is 45.6 Å². The van der Waals surface area contributed by atoms with Gasteiger partial charge in [0.2, 0.25) is 0 Å². The molecular weight excluding hydrogens is 243 g/mol. The maximum atomic E-state index is 13.1. The number of benzene rings is 1. The minimum Gasteiger partial charge on any atom is -0.360 e. The molecule has 0 atom stereocenters. The second kappa shape index (κ2) is 4.85. The molecule has 98 valence electrons. The van der Waals surface area contributed by atoms with E-state index in [9.17, 15) is 4.39 Å². The lowest BCUT2D eigenvalue weighted by molar-refractivity contribution is 0.585. The van der Waals surface area contributed by atoms with Crippen molar-refractivity contribution in [1.29, 1.82) is 0 Å². The summed E-state index contributed by atoms with van der Waals surface area (Å²) in [7, 11) is 1.92. The lowest BCUT2D eigenvalue weighted by Crippen LogP contribution is -2.14. The number of aromatic nitrogens is 3. The fourth-order valence-corrected chi connectivity index (χ4v) is 2.19. The highest BCUT2D eigenvalue weighted by Crippen LogP contribution is 2.28. The Kier molecular flexibility index (Phi) is 3.05. The molecule has 1 aromatic carbocycles. The highest BCUT2D eigenvalue weighted by Gasteiger charge is 2.08. The number of nitrogens with one attached hydrogen (secondary N) is 2. The minimum absolute atomic E-state index is 0.231. The first-order valence-electron chi connectivity index (χ1n) is 6.22. The molecule has 2 aromatic heterocycles. The molecule has 0 spiro atoms. The summed E-state index contributed by atoms with van der Waals surface area (Å²) in [6, 6.07) is 4.77. The molecule has 0 fully saturated rings. The summed E-state index contributed by atoms with van der Waals surface area (Å²) < 4.78 is 15.0. The Bertz CT molecular complexity index is 698. The van der Waals surface area contributed by atoms with E-state index >= 15 is 0 Å². The third-order valence-corrected chi connectivity index (χ3v) is 3.18. The Morgan fingerprint density at radius 3 is 3.16 bits per heavy atom. The number of aromatic amines is 1. The number of rotatable bonds is 4. The van der Waals surface area contributed by atoms with Crippen LogP contribution in [0.25, 0.3) is 22.0 Å². The Hall–Kier alpha value is -2.14. The largest absolute Gasteiger partial charge is 0.360 e. The van der Waals surface area contributed by atoms with Crippen molar-refractivity contribution in [3.8, 4) is 11.1 Å². The second-order valence-corrected chi connectivity index (χ2v) is 4.49. The second-order valence-electron chi connectivity index (χ2n) is 4.49. The number of likely N-dealkylation sites (N-methyl/N-ethyl adjacent to an activating group) is 1. The first kappa shape index (κ1) is 11.9. The van der Waals surface area contributed by atoms with Gasteiger partial charge in [-0.2, -0.15) is 5.10 Å². The van der Waals surface area contributed by atoms with Gasteiger partial charge in [-0.3, -0.25) is 4.68 Å². The predicted octanol–water partition coefficient (Wildman–Crippen LogP) is 2.39. The Morgan fingerprint density at radius 2 is 2.32 bits per heavy atom. The van der Waals surface area contributed by atoms with Gasteiger partial charge >= 0.3 is 0 Å². The molecule has 5 heteroatoms. The van der Waals surface area contributed by atoms with Gasteiger partial charge in [-0.15, -0.1) is 0 Å². The first-order valence-corrected chi connectivity index (χ1v) is 6.22. The van der Waals surface area contributed by atoms with Crippen LogP contribution < -0.4 is 5.32 Å². The molecule has 0 aliphatic carbocycles. The highest BCUT2D eigenvalue weighted by atomic mass is 19.1. The van der Waals surface area contributed by atoms with Crippen LogP contribution in [-0.4, -0.2) is 28.4 Å². The van der Waals surface area contributed by atoms with Crippen LogP contribution in [0.1, 0.15) is 0 Å². The molecule has 2 N–H and O–H groups in total. The summed E-state index contributed by atoms with van der Waals surface area (Å²) in [6.45, 7) is 1.70. The van der Waals surface area contributed by atoms with Crippen molar-refractivity contribution in [2.75, 3.05) is 13.6 Å². The number of H-pyrrole nitrogens is 1. The molecule has 0 amide bonds. The quantitative estimate of drug-likeness (QED) is 0.754. The van der Waals surface area contributed by atoms with Crippen LogP contribution in [0.2, 0.25) is 0 Å². The molecule has 3 rings (SSSR count). The number of hydrogen-bond acceptors (Lipinski definition) is 2. The zero-order valence-corrected chi connectivity index (χ0v) is 10.7. The van der Waals surface area contributed by atoms with Crippen molar-refractivity contribution in [3.63, 3.8) is 0 Å². The van der Waals surface area contributed by atoms with E-state index < -0.39 is 0 Å². The summed E-state index contributed by atoms with van der Waals surface area (Å²) in [5.74, 6) is -0.231. The van der Waals surface area contributed by atoms with Crippen LogP contribution in [0.15, 0.2) is 36.8 Å². The molecule has 0 radical (unpaired) electrons. The molecule has 3 aromatic rings. The van der Waals surface area contributed by atoms with Gasteiger partial charge in [-0.25, -0.2) is 4.39 Å². The van der Waals surface area contributed by atoms with Crippen molar-refractivity contribution in [1.82, 2.24) is 20.1 Å². The number of fused-ring (bicyclic) bond motifs is 1. The number of hydrogen-bond donors (Lipinski definition) is 2. The van der Waals surface area contributed by atoms with Crippen molar-refractivity contribution in [2.45, 2.75) is 6.54 Å². The fraction of sp³-hybridized carbons (Fsp3) is 0.214. The molecule has 0 saturated carbocycles. The van der Waals surface area contributed by atoms with Crippen LogP contribution >= 0.6 is 0 Å². The molecule has 2 heterocycles. The van der Waals surface area contributed by atoms with Crippen LogP contribution in [0, 0.1) is 5.82 Å². The van der Waals surface area contributed by atoms with Gasteiger partial charge in [0.15, 0.2) is 0 Å². The Morgan fingerprint density at radius 1 is 1.42 bits per heavy atom. The predicted molar refractivity (Wildman–Crippen MR) is 73.4 cm³/mol. The van der Waals surface area contributed by atoms with E-state index in [0.717, 1.165) is 35.1 Å². The molecule has 4 nitrogen and oxygen atoms in total. The zero-order chi connectivity index (χ0) is 13.2. The fourth-order valence-electron chi connectivity index (χ4n) is 2.19. The van der Waals surface area contributed by atoms with Crippen molar-refractivity contribution in [2.24, 2.45) is 0 Å². The summed E-state index contributed by atoms with van der Waals surface area (Å²) in [6.07, 6.45) is 5.73. The summed E-state index contributed by atoms with van der Waals surface area (Å²) in [4.78, 5) is 3.09. The monoisotopic (exact) mass is 258 g/mol. The summed E-state index contributed by atoms with van der Waals surface area (Å²) in [5.41, 5.74) is 2.89. The third-order valence-electron chi connectivity index (χ3n) is 3.18. The van der Waals surface area contributed by atoms with E-state index in [1.54, 1.807) is 6.07 Å². The van der Waals surface area contributed by atoms with Crippen molar-refractivity contribution >= 4 is 10.9 Å². The van der Waals surface area contributed by atoms with Gasteiger partial charge in [0.05, 0.1) is 12.7 Å². The van der Waals surface area contributed by atoms with Gasteiger partial charge in [-0.1, -0.05) is 0 Å². The molecule has 0 saturated heterocycles. The van der Waals surface area contributed by atoms with Gasteiger partial charge in [0, 0.05) is 41.0 Å². The zero-order valence-electron chi connectivity index (χ0n) is 10.7. The smallest absolute Gasteiger partial charge is 0.125 e. The minimum atomic E-state index is -0.231. The standard InChI is InChI=1S/C14H15FN4/c1-16-4-5-19-9-10(7-18-19)13-8-17-14-6-11(15)2-3-12(13)14/h2-3,6-9,16-17H,4-5H2,1H3. The van der Waals surface area contributed by atoms with E-state index in [-0.39, 0.29) is 5.82 Å².